The minimum Gasteiger partial charge on any atom is -0.495 e. The first kappa shape index (κ1) is 53.6. The van der Waals surface area contributed by atoms with E-state index in [0.717, 1.165) is 159 Å². The van der Waals surface area contributed by atoms with Crippen molar-refractivity contribution in [3.63, 3.8) is 0 Å². The summed E-state index contributed by atoms with van der Waals surface area (Å²) in [5.74, 6) is 18.0. The smallest absolute Gasteiger partial charge is 0.227 e. The Bertz CT molecular complexity index is 2430. The zero-order valence-electron chi connectivity index (χ0n) is 45.2. The normalized spacial score (nSPS) is 20.1. The molecule has 0 bridgehead atoms. The van der Waals surface area contributed by atoms with Crippen molar-refractivity contribution in [1.82, 2.24) is 39.5 Å². The van der Waals surface area contributed by atoms with E-state index in [1.165, 1.54) is 38.5 Å². The SMILES string of the molecule is COc1cc2c(NC3CCN(C(C)C)CC3)nc(N3CCCCC3)nc2cc1C#CCCN1CC(F)C1.COc1cc2c(NC3CCN(C(C)C)CC3)nc(N3CCCCC3)nc2cc1C#CCCN1CC(F)C1. The van der Waals surface area contributed by atoms with E-state index < -0.39 is 12.3 Å². The summed E-state index contributed by atoms with van der Waals surface area (Å²) < 4.78 is 37.6. The lowest BCUT2D eigenvalue weighted by Crippen LogP contribution is -2.48. The van der Waals surface area contributed by atoms with E-state index in [1.807, 2.05) is 24.3 Å². The van der Waals surface area contributed by atoms with E-state index in [1.54, 1.807) is 14.2 Å². The van der Waals surface area contributed by atoms with Crippen molar-refractivity contribution in [2.24, 2.45) is 0 Å². The quantitative estimate of drug-likeness (QED) is 0.118. The molecule has 0 unspecified atom stereocenters. The van der Waals surface area contributed by atoms with Crippen molar-refractivity contribution in [1.29, 1.82) is 0 Å². The lowest BCUT2D eigenvalue weighted by atomic mass is 10.0. The molecule has 0 aliphatic carbocycles. The largest absolute Gasteiger partial charge is 0.495 e. The second kappa shape index (κ2) is 25.5. The second-order valence-corrected chi connectivity index (χ2v) is 21.9. The molecule has 6 saturated heterocycles. The number of piperidine rings is 4. The summed E-state index contributed by atoms with van der Waals surface area (Å²) >= 11 is 0. The lowest BCUT2D eigenvalue weighted by molar-refractivity contribution is 0.0680. The van der Waals surface area contributed by atoms with Crippen LogP contribution in [0.3, 0.4) is 0 Å². The van der Waals surface area contributed by atoms with Gasteiger partial charge in [0.25, 0.3) is 0 Å². The number of methoxy groups -OCH3 is 2. The second-order valence-electron chi connectivity index (χ2n) is 21.9. The number of benzene rings is 2. The van der Waals surface area contributed by atoms with Gasteiger partial charge >= 0.3 is 0 Å². The molecule has 0 amide bonds. The van der Waals surface area contributed by atoms with Crippen LogP contribution in [0, 0.1) is 23.7 Å². The first-order chi connectivity index (χ1) is 36.0. The number of fused-ring (bicyclic) bond motifs is 2. The Morgan fingerprint density at radius 3 is 1.26 bits per heavy atom. The highest BCUT2D eigenvalue weighted by molar-refractivity contribution is 5.94. The van der Waals surface area contributed by atoms with Crippen LogP contribution in [0.5, 0.6) is 11.5 Å². The number of hydrogen-bond donors (Lipinski definition) is 2. The van der Waals surface area contributed by atoms with E-state index in [9.17, 15) is 8.78 Å². The standard InChI is InChI=1S/2C29H41FN6O/c2*1-21(2)35-15-10-24(11-16-35)31-28-25-18-27(37-3)22(9-5-8-12-34-19-23(30)20-34)17-26(25)32-29(33-28)36-13-6-4-7-14-36/h2*17-18,21,23-24H,4,6-8,10-16,19-20H2,1-3H3,(H,31,32,33). The van der Waals surface area contributed by atoms with E-state index in [2.05, 4.69) is 91.4 Å². The summed E-state index contributed by atoms with van der Waals surface area (Å²) in [6, 6.07) is 10.1. The van der Waals surface area contributed by atoms with Crippen molar-refractivity contribution in [3.8, 4) is 35.2 Å². The molecule has 0 atom stereocenters. The van der Waals surface area contributed by atoms with E-state index in [0.29, 0.717) is 63.2 Å². The highest BCUT2D eigenvalue weighted by atomic mass is 19.1. The number of nitrogens with one attached hydrogen (secondary N) is 2. The predicted octanol–water partition coefficient (Wildman–Crippen LogP) is 8.62. The molecule has 2 aromatic carbocycles. The minimum atomic E-state index is -0.673. The van der Waals surface area contributed by atoms with Crippen LogP contribution in [0.15, 0.2) is 24.3 Å². The summed E-state index contributed by atoms with van der Waals surface area (Å²) in [6.07, 6.45) is 11.7. The number of anilines is 4. The Balaban J connectivity index is 0.000000182. The highest BCUT2D eigenvalue weighted by Gasteiger charge is 2.28. The Labute approximate surface area is 439 Å². The van der Waals surface area contributed by atoms with E-state index in [-0.39, 0.29) is 0 Å². The maximum Gasteiger partial charge on any atom is 0.227 e. The number of ether oxygens (including phenoxy) is 2. The zero-order chi connectivity index (χ0) is 51.6. The summed E-state index contributed by atoms with van der Waals surface area (Å²) in [4.78, 5) is 34.0. The minimum absolute atomic E-state index is 0.387. The fourth-order valence-electron chi connectivity index (χ4n) is 11.1. The summed E-state index contributed by atoms with van der Waals surface area (Å²) in [5, 5.41) is 9.52. The van der Waals surface area contributed by atoms with E-state index in [4.69, 9.17) is 29.4 Å². The van der Waals surface area contributed by atoms with Crippen LogP contribution >= 0.6 is 0 Å². The van der Waals surface area contributed by atoms with Crippen LogP contribution in [-0.4, -0.2) is 182 Å². The highest BCUT2D eigenvalue weighted by Crippen LogP contribution is 2.34. The van der Waals surface area contributed by atoms with Gasteiger partial charge in [-0.05, 0) is 116 Å². The fourth-order valence-corrected chi connectivity index (χ4v) is 11.1. The molecule has 0 saturated carbocycles. The number of nitrogens with zero attached hydrogens (tertiary/aromatic N) is 10. The average Bonchev–Trinajstić information content (AvgIpc) is 3.40. The number of rotatable bonds is 14. The van der Waals surface area contributed by atoms with Gasteiger partial charge in [0.05, 0.1) is 36.4 Å². The molecule has 6 aliphatic rings. The first-order valence-corrected chi connectivity index (χ1v) is 28.0. The maximum atomic E-state index is 13.1. The number of alkyl halides is 2. The van der Waals surface area contributed by atoms with Crippen molar-refractivity contribution < 1.29 is 18.3 Å². The van der Waals surface area contributed by atoms with Crippen molar-refractivity contribution >= 4 is 45.3 Å². The molecular formula is C58H82F2N12O2. The van der Waals surface area contributed by atoms with Gasteiger partial charge in [-0.1, -0.05) is 23.7 Å². The monoisotopic (exact) mass is 1020 g/mol. The number of halogens is 2. The Kier molecular flexibility index (Phi) is 18.5. The van der Waals surface area contributed by atoms with Crippen LogP contribution in [-0.2, 0) is 0 Å². The summed E-state index contributed by atoms with van der Waals surface area (Å²) in [5.41, 5.74) is 3.46. The fraction of sp³-hybridized carbons (Fsp3) is 0.655. The number of likely N-dealkylation sites (tertiary alicyclic amines) is 4. The van der Waals surface area contributed by atoms with Gasteiger partial charge in [0.2, 0.25) is 11.9 Å². The molecule has 16 heteroatoms. The predicted molar refractivity (Wildman–Crippen MR) is 297 cm³/mol. The zero-order valence-corrected chi connectivity index (χ0v) is 45.2. The topological polar surface area (TPSA) is 114 Å². The number of hydrogen-bond acceptors (Lipinski definition) is 14. The molecular weight excluding hydrogens is 935 g/mol. The molecule has 400 valence electrons. The third-order valence-electron chi connectivity index (χ3n) is 15.9. The van der Waals surface area contributed by atoms with Gasteiger partial charge in [-0.3, -0.25) is 9.80 Å². The molecule has 6 fully saturated rings. The van der Waals surface area contributed by atoms with Crippen molar-refractivity contribution in [3.05, 3.63) is 35.4 Å². The Morgan fingerprint density at radius 1 is 0.541 bits per heavy atom. The van der Waals surface area contributed by atoms with E-state index >= 15 is 0 Å². The molecule has 0 radical (unpaired) electrons. The molecule has 74 heavy (non-hydrogen) atoms. The van der Waals surface area contributed by atoms with Crippen molar-refractivity contribution in [2.75, 3.05) is 126 Å². The molecule has 2 N–H and O–H groups in total. The van der Waals surface area contributed by atoms with Crippen LogP contribution in [0.25, 0.3) is 21.8 Å². The van der Waals surface area contributed by atoms with Crippen LogP contribution < -0.4 is 29.9 Å². The molecule has 10 rings (SSSR count). The van der Waals surface area contributed by atoms with Crippen LogP contribution in [0.1, 0.15) is 116 Å². The van der Waals surface area contributed by atoms with Gasteiger partial charge in [0, 0.05) is 139 Å². The molecule has 0 spiro atoms. The molecule has 2 aromatic heterocycles. The van der Waals surface area contributed by atoms with Gasteiger partial charge in [-0.2, -0.15) is 9.97 Å². The summed E-state index contributed by atoms with van der Waals surface area (Å²) in [6.45, 7) is 21.2. The van der Waals surface area contributed by atoms with Crippen LogP contribution in [0.4, 0.5) is 32.3 Å². The Hall–Kier alpha value is -5.26. The average molecular weight is 1020 g/mol. The van der Waals surface area contributed by atoms with Gasteiger partial charge in [-0.15, -0.1) is 0 Å². The molecule has 6 aliphatic heterocycles. The van der Waals surface area contributed by atoms with Crippen molar-refractivity contribution in [2.45, 2.75) is 141 Å². The van der Waals surface area contributed by atoms with Gasteiger partial charge in [-0.25, -0.2) is 18.7 Å². The van der Waals surface area contributed by atoms with Gasteiger partial charge in [0.15, 0.2) is 0 Å². The van der Waals surface area contributed by atoms with Crippen LogP contribution in [0.2, 0.25) is 0 Å². The van der Waals surface area contributed by atoms with Gasteiger partial charge in [0.1, 0.15) is 35.5 Å². The Morgan fingerprint density at radius 2 is 0.919 bits per heavy atom. The lowest BCUT2D eigenvalue weighted by Gasteiger charge is -2.35. The maximum absolute atomic E-state index is 13.1. The van der Waals surface area contributed by atoms with Gasteiger partial charge < -0.3 is 39.7 Å². The molecule has 14 nitrogen and oxygen atoms in total. The third kappa shape index (κ3) is 13.8. The molecule has 4 aromatic rings. The first-order valence-electron chi connectivity index (χ1n) is 28.0. The number of aromatic nitrogens is 4. The summed E-state index contributed by atoms with van der Waals surface area (Å²) in [7, 11) is 3.37. The molecule has 8 heterocycles. The third-order valence-corrected chi connectivity index (χ3v) is 15.9.